The van der Waals surface area contributed by atoms with Crippen LogP contribution in [0.1, 0.15) is 0 Å². The molecular formula is C9H15KO. The molecule has 0 unspecified atom stereocenters. The second-order valence-corrected chi connectivity index (χ2v) is 1.61. The minimum Gasteiger partial charge on any atom is -0.380 e. The SMILES string of the molecule is C=C/C=C(\C=C)COC.[CH3-].[K+]. The van der Waals surface area contributed by atoms with Crippen molar-refractivity contribution in [1.82, 2.24) is 0 Å². The largest absolute Gasteiger partial charge is 1.00 e. The molecular weight excluding hydrogens is 163 g/mol. The molecule has 0 heterocycles. The van der Waals surface area contributed by atoms with Crippen LogP contribution in [0.5, 0.6) is 0 Å². The molecule has 0 amide bonds. The van der Waals surface area contributed by atoms with Crippen LogP contribution in [-0.2, 0) is 4.74 Å². The normalized spacial score (nSPS) is 9.00. The first-order valence-electron chi connectivity index (χ1n) is 2.78. The zero-order valence-corrected chi connectivity index (χ0v) is 10.9. The Bertz CT molecular complexity index is 128. The quantitative estimate of drug-likeness (QED) is 0.317. The molecule has 0 saturated carbocycles. The van der Waals surface area contributed by atoms with Crippen LogP contribution in [-0.4, -0.2) is 13.7 Å². The van der Waals surface area contributed by atoms with Crippen LogP contribution in [0.4, 0.5) is 0 Å². The van der Waals surface area contributed by atoms with Crippen LogP contribution in [0.15, 0.2) is 37.0 Å². The van der Waals surface area contributed by atoms with Crippen molar-refractivity contribution in [3.05, 3.63) is 44.4 Å². The third kappa shape index (κ3) is 10.8. The van der Waals surface area contributed by atoms with Gasteiger partial charge >= 0.3 is 51.4 Å². The van der Waals surface area contributed by atoms with Gasteiger partial charge in [0.1, 0.15) is 0 Å². The van der Waals surface area contributed by atoms with Gasteiger partial charge in [-0.1, -0.05) is 31.4 Å². The van der Waals surface area contributed by atoms with Gasteiger partial charge in [0.05, 0.1) is 6.61 Å². The smallest absolute Gasteiger partial charge is 0.380 e. The maximum atomic E-state index is 4.86. The van der Waals surface area contributed by atoms with Gasteiger partial charge in [0.15, 0.2) is 0 Å². The summed E-state index contributed by atoms with van der Waals surface area (Å²) in [6.45, 7) is 7.76. The Balaban J connectivity index is -0.000000320. The molecule has 1 nitrogen and oxygen atoms in total. The van der Waals surface area contributed by atoms with Gasteiger partial charge in [0, 0.05) is 7.11 Å². The molecule has 0 aromatic heterocycles. The van der Waals surface area contributed by atoms with Gasteiger partial charge in [0.25, 0.3) is 0 Å². The van der Waals surface area contributed by atoms with E-state index in [9.17, 15) is 0 Å². The number of methoxy groups -OCH3 is 1. The molecule has 0 aromatic carbocycles. The molecule has 11 heavy (non-hydrogen) atoms. The van der Waals surface area contributed by atoms with E-state index in [1.54, 1.807) is 19.3 Å². The summed E-state index contributed by atoms with van der Waals surface area (Å²) in [4.78, 5) is 0. The number of hydrogen-bond acceptors (Lipinski definition) is 1. The molecule has 0 rings (SSSR count). The fourth-order valence-corrected chi connectivity index (χ4v) is 0.493. The van der Waals surface area contributed by atoms with E-state index in [2.05, 4.69) is 13.2 Å². The average Bonchev–Trinajstić information content (AvgIpc) is 1.88. The summed E-state index contributed by atoms with van der Waals surface area (Å²) < 4.78 is 4.86. The molecule has 2 heteroatoms. The van der Waals surface area contributed by atoms with E-state index in [0.29, 0.717) is 6.61 Å². The van der Waals surface area contributed by atoms with Crippen molar-refractivity contribution in [2.45, 2.75) is 0 Å². The molecule has 0 aliphatic heterocycles. The third-order valence-electron chi connectivity index (χ3n) is 0.905. The summed E-state index contributed by atoms with van der Waals surface area (Å²) in [7, 11) is 1.65. The van der Waals surface area contributed by atoms with E-state index in [4.69, 9.17) is 4.74 Å². The zero-order chi connectivity index (χ0) is 7.11. The molecule has 0 N–H and O–H groups in total. The van der Waals surface area contributed by atoms with E-state index >= 15 is 0 Å². The molecule has 0 aliphatic carbocycles. The van der Waals surface area contributed by atoms with Crippen LogP contribution in [0.3, 0.4) is 0 Å². The third-order valence-corrected chi connectivity index (χ3v) is 0.905. The van der Waals surface area contributed by atoms with Crippen molar-refractivity contribution in [1.29, 1.82) is 0 Å². The Morgan fingerprint density at radius 3 is 2.27 bits per heavy atom. The Labute approximate surface area is 113 Å². The maximum absolute atomic E-state index is 4.86. The first kappa shape index (κ1) is 17.8. The van der Waals surface area contributed by atoms with Crippen LogP contribution >= 0.6 is 0 Å². The summed E-state index contributed by atoms with van der Waals surface area (Å²) in [6, 6.07) is 0. The zero-order valence-electron chi connectivity index (χ0n) is 7.76. The van der Waals surface area contributed by atoms with Crippen molar-refractivity contribution < 1.29 is 56.1 Å². The minimum atomic E-state index is 0. The number of hydrogen-bond donors (Lipinski definition) is 0. The van der Waals surface area contributed by atoms with Gasteiger partial charge in [-0.15, -0.1) is 0 Å². The first-order chi connectivity index (χ1) is 4.35. The van der Waals surface area contributed by atoms with Gasteiger partial charge in [0.2, 0.25) is 0 Å². The molecule has 0 saturated heterocycles. The van der Waals surface area contributed by atoms with Crippen molar-refractivity contribution in [2.24, 2.45) is 0 Å². The summed E-state index contributed by atoms with van der Waals surface area (Å²) in [5, 5.41) is 0. The van der Waals surface area contributed by atoms with Crippen LogP contribution in [0.25, 0.3) is 0 Å². The van der Waals surface area contributed by atoms with E-state index in [-0.39, 0.29) is 58.8 Å². The fourth-order valence-electron chi connectivity index (χ4n) is 0.493. The summed E-state index contributed by atoms with van der Waals surface area (Å²) in [6.07, 6.45) is 5.34. The van der Waals surface area contributed by atoms with Crippen LogP contribution in [0, 0.1) is 7.43 Å². The number of allylic oxidation sites excluding steroid dienone is 2. The van der Waals surface area contributed by atoms with Gasteiger partial charge < -0.3 is 12.2 Å². The molecule has 0 aromatic rings. The predicted octanol–water partition coefficient (Wildman–Crippen LogP) is -0.615. The van der Waals surface area contributed by atoms with Gasteiger partial charge in [-0.25, -0.2) is 0 Å². The van der Waals surface area contributed by atoms with Gasteiger partial charge in [-0.3, -0.25) is 0 Å². The Morgan fingerprint density at radius 1 is 1.45 bits per heavy atom. The van der Waals surface area contributed by atoms with Gasteiger partial charge in [-0.2, -0.15) is 0 Å². The van der Waals surface area contributed by atoms with Crippen molar-refractivity contribution in [3.8, 4) is 0 Å². The summed E-state index contributed by atoms with van der Waals surface area (Å²) in [5.74, 6) is 0. The minimum absolute atomic E-state index is 0. The second kappa shape index (κ2) is 13.4. The first-order valence-corrected chi connectivity index (χ1v) is 2.78. The Hall–Kier alpha value is 0.816. The summed E-state index contributed by atoms with van der Waals surface area (Å²) in [5.41, 5.74) is 1.05. The fraction of sp³-hybridized carbons (Fsp3) is 0.222. The Kier molecular flexibility index (Phi) is 21.7. The van der Waals surface area contributed by atoms with Crippen molar-refractivity contribution >= 4 is 0 Å². The molecule has 0 radical (unpaired) electrons. The van der Waals surface area contributed by atoms with E-state index in [0.717, 1.165) is 5.57 Å². The van der Waals surface area contributed by atoms with E-state index in [1.165, 1.54) is 0 Å². The summed E-state index contributed by atoms with van der Waals surface area (Å²) >= 11 is 0. The number of ether oxygens (including phenoxy) is 1. The predicted molar refractivity (Wildman–Crippen MR) is 46.8 cm³/mol. The van der Waals surface area contributed by atoms with Gasteiger partial charge in [-0.05, 0) is 5.57 Å². The standard InChI is InChI=1S/C8H12O.CH3.K/c1-4-6-8(5-2)7-9-3;;/h4-6H,1-2,7H2,3H3;1H3;/q;-1;+1/b8-6+;;. The average molecular weight is 178 g/mol. The molecule has 0 aliphatic rings. The molecule has 0 spiro atoms. The molecule has 0 bridgehead atoms. The molecule has 58 valence electrons. The van der Waals surface area contributed by atoms with Crippen LogP contribution < -0.4 is 51.4 Å². The van der Waals surface area contributed by atoms with E-state index in [1.807, 2.05) is 6.08 Å². The second-order valence-electron chi connectivity index (χ2n) is 1.61. The van der Waals surface area contributed by atoms with Crippen molar-refractivity contribution in [3.63, 3.8) is 0 Å². The Morgan fingerprint density at radius 2 is 2.00 bits per heavy atom. The van der Waals surface area contributed by atoms with E-state index < -0.39 is 0 Å². The monoisotopic (exact) mass is 178 g/mol. The molecule has 0 atom stereocenters. The maximum Gasteiger partial charge on any atom is 1.00 e. The van der Waals surface area contributed by atoms with Crippen molar-refractivity contribution in [2.75, 3.05) is 13.7 Å². The number of rotatable bonds is 4. The molecule has 0 fully saturated rings. The topological polar surface area (TPSA) is 9.23 Å². The van der Waals surface area contributed by atoms with Crippen LogP contribution in [0.2, 0.25) is 0 Å².